The Kier molecular flexibility index (Phi) is 6.86. The monoisotopic (exact) mass is 368 g/mol. The lowest BCUT2D eigenvalue weighted by Gasteiger charge is -2.20. The van der Waals surface area contributed by atoms with E-state index in [4.69, 9.17) is 17.3 Å². The summed E-state index contributed by atoms with van der Waals surface area (Å²) in [6, 6.07) is 3.09. The number of nitrogens with two attached hydrogens (primary N) is 1. The number of aromatic nitrogens is 1. The molecule has 8 heteroatoms. The molecule has 0 saturated heterocycles. The molecular formula is C16H18ClFN4OS. The van der Waals surface area contributed by atoms with Crippen LogP contribution < -0.4 is 16.4 Å². The maximum Gasteiger partial charge on any atom is 0.241 e. The first-order chi connectivity index (χ1) is 11.5. The minimum absolute atomic E-state index is 0.0529. The lowest BCUT2D eigenvalue weighted by Crippen LogP contribution is -2.42. The molecule has 1 aromatic heterocycles. The summed E-state index contributed by atoms with van der Waals surface area (Å²) >= 11 is 7.17. The van der Waals surface area contributed by atoms with E-state index in [2.05, 4.69) is 22.2 Å². The number of amides is 1. The van der Waals surface area contributed by atoms with Crippen LogP contribution in [-0.2, 0) is 4.79 Å². The Balaban J connectivity index is 2.06. The summed E-state index contributed by atoms with van der Waals surface area (Å²) in [7, 11) is 0. The van der Waals surface area contributed by atoms with E-state index in [1.807, 2.05) is 5.38 Å². The van der Waals surface area contributed by atoms with E-state index in [9.17, 15) is 9.18 Å². The van der Waals surface area contributed by atoms with Crippen molar-refractivity contribution >= 4 is 34.5 Å². The average Bonchev–Trinajstić information content (AvgIpc) is 3.09. The average molecular weight is 369 g/mol. The summed E-state index contributed by atoms with van der Waals surface area (Å²) in [4.78, 5) is 16.7. The Bertz CT molecular complexity index is 695. The Hall–Kier alpha value is -1.80. The normalized spacial score (nSPS) is 13.3. The second kappa shape index (κ2) is 8.89. The summed E-state index contributed by atoms with van der Waals surface area (Å²) < 4.78 is 13.2. The van der Waals surface area contributed by atoms with Gasteiger partial charge in [0.15, 0.2) is 0 Å². The van der Waals surface area contributed by atoms with Gasteiger partial charge in [-0.1, -0.05) is 17.7 Å². The van der Waals surface area contributed by atoms with Crippen LogP contribution in [0.15, 0.2) is 42.4 Å². The minimum atomic E-state index is -0.550. The van der Waals surface area contributed by atoms with Crippen molar-refractivity contribution in [3.63, 3.8) is 0 Å². The maximum absolute atomic E-state index is 13.2. The van der Waals surface area contributed by atoms with Gasteiger partial charge in [-0.25, -0.2) is 9.37 Å². The molecule has 0 aliphatic rings. The van der Waals surface area contributed by atoms with Gasteiger partial charge in [0.2, 0.25) is 5.91 Å². The molecule has 0 aliphatic carbocycles. The summed E-state index contributed by atoms with van der Waals surface area (Å²) in [5.74, 6) is -0.826. The summed E-state index contributed by atoms with van der Waals surface area (Å²) in [6.45, 7) is 4.08. The van der Waals surface area contributed by atoms with Gasteiger partial charge in [0.25, 0.3) is 0 Å². The molecule has 2 aromatic rings. The van der Waals surface area contributed by atoms with E-state index < -0.39 is 11.9 Å². The van der Waals surface area contributed by atoms with Gasteiger partial charge >= 0.3 is 0 Å². The summed E-state index contributed by atoms with van der Waals surface area (Å²) in [6.07, 6.45) is 3.69. The Morgan fingerprint density at radius 1 is 1.54 bits per heavy atom. The predicted molar refractivity (Wildman–Crippen MR) is 95.7 cm³/mol. The van der Waals surface area contributed by atoms with Crippen molar-refractivity contribution in [1.29, 1.82) is 0 Å². The molecule has 4 N–H and O–H groups in total. The molecule has 0 aliphatic heterocycles. The number of rotatable bonds is 8. The first kappa shape index (κ1) is 18.5. The lowest BCUT2D eigenvalue weighted by atomic mass is 10.1. The smallest absolute Gasteiger partial charge is 0.241 e. The first-order valence-electron chi connectivity index (χ1n) is 7.26. The molecule has 0 radical (unpaired) electrons. The van der Waals surface area contributed by atoms with E-state index >= 15 is 0 Å². The third-order valence-corrected chi connectivity index (χ3v) is 4.47. The van der Waals surface area contributed by atoms with Gasteiger partial charge in [0, 0.05) is 23.8 Å². The van der Waals surface area contributed by atoms with Gasteiger partial charge in [-0.3, -0.25) is 4.79 Å². The molecule has 2 atom stereocenters. The molecule has 1 heterocycles. The number of carbonyl (C=O) groups is 1. The number of anilines is 1. The second-order valence-electron chi connectivity index (χ2n) is 5.08. The largest absolute Gasteiger partial charge is 0.325 e. The highest BCUT2D eigenvalue weighted by Gasteiger charge is 2.23. The van der Waals surface area contributed by atoms with Crippen LogP contribution >= 0.6 is 22.9 Å². The SMILES string of the molecule is C=CCN[C@H](C[C@H](N)c1nccs1)C(=O)Nc1ccc(F)c(Cl)c1. The molecule has 0 fully saturated rings. The molecule has 5 nitrogen and oxygen atoms in total. The minimum Gasteiger partial charge on any atom is -0.325 e. The van der Waals surface area contributed by atoms with E-state index in [1.165, 1.54) is 29.5 Å². The molecule has 128 valence electrons. The van der Waals surface area contributed by atoms with E-state index in [0.29, 0.717) is 18.7 Å². The number of hydrogen-bond donors (Lipinski definition) is 3. The van der Waals surface area contributed by atoms with Crippen LogP contribution in [0, 0.1) is 5.82 Å². The van der Waals surface area contributed by atoms with E-state index in [1.54, 1.807) is 12.3 Å². The van der Waals surface area contributed by atoms with Gasteiger partial charge in [-0.05, 0) is 24.6 Å². The van der Waals surface area contributed by atoms with Crippen LogP contribution in [0.25, 0.3) is 0 Å². The molecular weight excluding hydrogens is 351 g/mol. The van der Waals surface area contributed by atoms with Crippen molar-refractivity contribution < 1.29 is 9.18 Å². The van der Waals surface area contributed by atoms with Gasteiger partial charge in [-0.2, -0.15) is 0 Å². The Labute approximate surface area is 148 Å². The Morgan fingerprint density at radius 2 is 2.33 bits per heavy atom. The van der Waals surface area contributed by atoms with Crippen molar-refractivity contribution in [3.8, 4) is 0 Å². The molecule has 2 rings (SSSR count). The first-order valence-corrected chi connectivity index (χ1v) is 8.52. The van der Waals surface area contributed by atoms with Crippen molar-refractivity contribution in [3.05, 3.63) is 58.3 Å². The van der Waals surface area contributed by atoms with Gasteiger partial charge in [0.1, 0.15) is 10.8 Å². The fourth-order valence-electron chi connectivity index (χ4n) is 2.08. The quantitative estimate of drug-likeness (QED) is 0.625. The molecule has 0 bridgehead atoms. The zero-order chi connectivity index (χ0) is 17.5. The summed E-state index contributed by atoms with van der Waals surface area (Å²) in [5.41, 5.74) is 6.53. The van der Waals surface area contributed by atoms with Crippen LogP contribution in [0.5, 0.6) is 0 Å². The topological polar surface area (TPSA) is 80.0 Å². The number of carbonyl (C=O) groups excluding carboxylic acids is 1. The van der Waals surface area contributed by atoms with Crippen LogP contribution in [0.3, 0.4) is 0 Å². The highest BCUT2D eigenvalue weighted by atomic mass is 35.5. The molecule has 1 aromatic carbocycles. The van der Waals surface area contributed by atoms with E-state index in [0.717, 1.165) is 5.01 Å². The number of halogens is 2. The number of benzene rings is 1. The number of nitrogens with zero attached hydrogens (tertiary/aromatic N) is 1. The number of hydrogen-bond acceptors (Lipinski definition) is 5. The fourth-order valence-corrected chi connectivity index (χ4v) is 2.92. The number of nitrogens with one attached hydrogen (secondary N) is 2. The predicted octanol–water partition coefficient (Wildman–Crippen LogP) is 3.11. The van der Waals surface area contributed by atoms with Crippen molar-refractivity contribution in [2.45, 2.75) is 18.5 Å². The Morgan fingerprint density at radius 3 is 2.96 bits per heavy atom. The zero-order valence-electron chi connectivity index (χ0n) is 12.8. The maximum atomic E-state index is 13.2. The third-order valence-electron chi connectivity index (χ3n) is 3.27. The highest BCUT2D eigenvalue weighted by Crippen LogP contribution is 2.21. The summed E-state index contributed by atoms with van der Waals surface area (Å²) in [5, 5.41) is 8.32. The fraction of sp³-hybridized carbons (Fsp3) is 0.250. The van der Waals surface area contributed by atoms with Gasteiger partial charge in [0.05, 0.1) is 17.1 Å². The van der Waals surface area contributed by atoms with Gasteiger partial charge in [-0.15, -0.1) is 17.9 Å². The molecule has 0 saturated carbocycles. The standard InChI is InChI=1S/C16H18ClFN4OS/c1-2-5-20-14(9-13(19)16-21-6-7-24-16)15(23)22-10-3-4-12(18)11(17)8-10/h2-4,6-8,13-14,20H,1,5,9,19H2,(H,22,23)/t13-,14+/m0/s1. The van der Waals surface area contributed by atoms with Crippen molar-refractivity contribution in [1.82, 2.24) is 10.3 Å². The lowest BCUT2D eigenvalue weighted by molar-refractivity contribution is -0.118. The van der Waals surface area contributed by atoms with Crippen LogP contribution in [0.1, 0.15) is 17.5 Å². The van der Waals surface area contributed by atoms with Crippen molar-refractivity contribution in [2.24, 2.45) is 5.73 Å². The highest BCUT2D eigenvalue weighted by molar-refractivity contribution is 7.09. The second-order valence-corrected chi connectivity index (χ2v) is 6.41. The molecule has 0 unspecified atom stereocenters. The third kappa shape index (κ3) is 5.10. The molecule has 0 spiro atoms. The van der Waals surface area contributed by atoms with Crippen molar-refractivity contribution in [2.75, 3.05) is 11.9 Å². The number of thiazole rings is 1. The van der Waals surface area contributed by atoms with Crippen LogP contribution in [0.2, 0.25) is 5.02 Å². The molecule has 1 amide bonds. The van der Waals surface area contributed by atoms with E-state index in [-0.39, 0.29) is 17.0 Å². The van der Waals surface area contributed by atoms with Crippen LogP contribution in [0.4, 0.5) is 10.1 Å². The zero-order valence-corrected chi connectivity index (χ0v) is 14.4. The van der Waals surface area contributed by atoms with Gasteiger partial charge < -0.3 is 16.4 Å². The molecule has 24 heavy (non-hydrogen) atoms. The van der Waals surface area contributed by atoms with Crippen LogP contribution in [-0.4, -0.2) is 23.5 Å².